The van der Waals surface area contributed by atoms with Crippen molar-refractivity contribution in [3.05, 3.63) is 100 Å². The number of carbonyl (C=O) groups is 2. The molecule has 0 spiro atoms. The zero-order chi connectivity index (χ0) is 29.1. The number of ether oxygens (including phenoxy) is 1. The molecule has 0 fully saturated rings. The van der Waals surface area contributed by atoms with Gasteiger partial charge >= 0.3 is 0 Å². The van der Waals surface area contributed by atoms with Crippen LogP contribution < -0.4 is 15.8 Å². The van der Waals surface area contributed by atoms with E-state index in [9.17, 15) is 14.7 Å². The number of nitrogens with two attached hydrogens (primary N) is 1. The van der Waals surface area contributed by atoms with Gasteiger partial charge in [0.15, 0.2) is 0 Å². The van der Waals surface area contributed by atoms with E-state index in [4.69, 9.17) is 10.5 Å². The highest BCUT2D eigenvalue weighted by atomic mass is 16.5. The van der Waals surface area contributed by atoms with Gasteiger partial charge < -0.3 is 25.8 Å². The summed E-state index contributed by atoms with van der Waals surface area (Å²) in [4.78, 5) is 28.6. The molecule has 0 aromatic heterocycles. The van der Waals surface area contributed by atoms with Crippen LogP contribution in [0.4, 0.5) is 0 Å². The first-order chi connectivity index (χ1) is 19.3. The first kappa shape index (κ1) is 30.9. The van der Waals surface area contributed by atoms with Crippen LogP contribution in [0.5, 0.6) is 5.75 Å². The second-order valence-electron chi connectivity index (χ2n) is 10.2. The third-order valence-electron chi connectivity index (χ3n) is 7.16. The summed E-state index contributed by atoms with van der Waals surface area (Å²) in [7, 11) is 1.63. The van der Waals surface area contributed by atoms with Crippen molar-refractivity contribution < 1.29 is 19.4 Å². The van der Waals surface area contributed by atoms with Gasteiger partial charge in [-0.1, -0.05) is 62.4 Å². The van der Waals surface area contributed by atoms with Crippen molar-refractivity contribution in [2.45, 2.75) is 58.6 Å². The second kappa shape index (κ2) is 15.2. The van der Waals surface area contributed by atoms with E-state index >= 15 is 0 Å². The fraction of sp³-hybridized carbons (Fsp3) is 0.394. The van der Waals surface area contributed by atoms with E-state index in [1.165, 1.54) is 0 Å². The third-order valence-corrected chi connectivity index (χ3v) is 7.16. The van der Waals surface area contributed by atoms with Crippen LogP contribution in [0.3, 0.4) is 0 Å². The predicted octanol–water partition coefficient (Wildman–Crippen LogP) is 4.84. The number of methoxy groups -OCH3 is 1. The molecule has 2 amide bonds. The molecule has 40 heavy (non-hydrogen) atoms. The first-order valence-corrected chi connectivity index (χ1v) is 14.1. The average molecular weight is 546 g/mol. The number of hydrogen-bond donors (Lipinski definition) is 3. The Hall–Kier alpha value is -3.68. The van der Waals surface area contributed by atoms with Crippen LogP contribution in [0.1, 0.15) is 75.6 Å². The lowest BCUT2D eigenvalue weighted by molar-refractivity contribution is 0.0750. The Bertz CT molecular complexity index is 1260. The Kier molecular flexibility index (Phi) is 11.7. The van der Waals surface area contributed by atoms with Crippen LogP contribution in [0, 0.1) is 6.92 Å². The van der Waals surface area contributed by atoms with Gasteiger partial charge in [-0.2, -0.15) is 0 Å². The summed E-state index contributed by atoms with van der Waals surface area (Å²) in [5, 5.41) is 15.0. The van der Waals surface area contributed by atoms with Crippen LogP contribution in [0.15, 0.2) is 66.7 Å². The van der Waals surface area contributed by atoms with Gasteiger partial charge in [-0.05, 0) is 66.6 Å². The monoisotopic (exact) mass is 545 g/mol. The molecule has 0 aliphatic carbocycles. The van der Waals surface area contributed by atoms with Crippen molar-refractivity contribution in [1.82, 2.24) is 10.2 Å². The van der Waals surface area contributed by atoms with Crippen molar-refractivity contribution >= 4 is 11.8 Å². The molecule has 0 unspecified atom stereocenters. The molecule has 2 atom stereocenters. The lowest BCUT2D eigenvalue weighted by atomic mass is 9.80. The maximum absolute atomic E-state index is 14.0. The zero-order valence-corrected chi connectivity index (χ0v) is 24.2. The summed E-state index contributed by atoms with van der Waals surface area (Å²) in [5.41, 5.74) is 9.92. The minimum Gasteiger partial charge on any atom is -0.497 e. The van der Waals surface area contributed by atoms with E-state index in [1.54, 1.807) is 19.2 Å². The van der Waals surface area contributed by atoms with Crippen molar-refractivity contribution in [2.75, 3.05) is 26.7 Å². The summed E-state index contributed by atoms with van der Waals surface area (Å²) >= 11 is 0. The average Bonchev–Trinajstić information content (AvgIpc) is 2.95. The second-order valence-corrected chi connectivity index (χ2v) is 10.2. The van der Waals surface area contributed by atoms with Gasteiger partial charge in [0.25, 0.3) is 5.91 Å². The van der Waals surface area contributed by atoms with Gasteiger partial charge in [-0.15, -0.1) is 0 Å². The smallest absolute Gasteiger partial charge is 0.254 e. The largest absolute Gasteiger partial charge is 0.497 e. The molecule has 3 aromatic carbocycles. The van der Waals surface area contributed by atoms with Crippen LogP contribution in [0.25, 0.3) is 0 Å². The minimum atomic E-state index is -0.900. The fourth-order valence-corrected chi connectivity index (χ4v) is 5.21. The van der Waals surface area contributed by atoms with Crippen molar-refractivity contribution in [2.24, 2.45) is 5.73 Å². The summed E-state index contributed by atoms with van der Waals surface area (Å²) in [6.07, 6.45) is 1.18. The molecule has 0 aliphatic heterocycles. The number of benzene rings is 3. The number of hydrogen-bond acceptors (Lipinski definition) is 5. The van der Waals surface area contributed by atoms with E-state index in [1.807, 2.05) is 80.3 Å². The lowest BCUT2D eigenvalue weighted by Crippen LogP contribution is -2.38. The maximum Gasteiger partial charge on any atom is 0.254 e. The molecular weight excluding hydrogens is 502 g/mol. The van der Waals surface area contributed by atoms with Gasteiger partial charge in [0.05, 0.1) is 13.2 Å². The van der Waals surface area contributed by atoms with E-state index in [0.717, 1.165) is 35.3 Å². The number of nitrogens with one attached hydrogen (secondary N) is 1. The van der Waals surface area contributed by atoms with Gasteiger partial charge in [-0.25, -0.2) is 0 Å². The van der Waals surface area contributed by atoms with Gasteiger partial charge in [-0.3, -0.25) is 9.59 Å². The molecule has 7 heteroatoms. The number of aliphatic hydroxyl groups excluding tert-OH is 1. The third kappa shape index (κ3) is 7.93. The SMILES string of the molecule is CCCN(CCC)C(=O)c1c(C)ccc(C(N)=O)c1[C@H](Cc1ccccc1)[C@@H](O)CNCc1cccc(OC)c1. The molecule has 0 radical (unpaired) electrons. The minimum absolute atomic E-state index is 0.131. The molecule has 0 bridgehead atoms. The Morgan fingerprint density at radius 2 is 1.65 bits per heavy atom. The van der Waals surface area contributed by atoms with Crippen molar-refractivity contribution in [1.29, 1.82) is 0 Å². The molecule has 3 rings (SSSR count). The molecule has 0 heterocycles. The number of carbonyl (C=O) groups excluding carboxylic acids is 2. The Morgan fingerprint density at radius 3 is 2.27 bits per heavy atom. The Morgan fingerprint density at radius 1 is 0.975 bits per heavy atom. The number of aliphatic hydroxyl groups is 1. The molecule has 214 valence electrons. The number of nitrogens with zero attached hydrogens (tertiary/aromatic N) is 1. The molecule has 4 N–H and O–H groups in total. The predicted molar refractivity (Wildman–Crippen MR) is 160 cm³/mol. The van der Waals surface area contributed by atoms with Crippen LogP contribution in [-0.4, -0.2) is 54.7 Å². The molecule has 7 nitrogen and oxygen atoms in total. The molecule has 0 saturated heterocycles. The molecule has 3 aromatic rings. The highest BCUT2D eigenvalue weighted by Gasteiger charge is 2.32. The van der Waals surface area contributed by atoms with Gasteiger partial charge in [0.2, 0.25) is 5.91 Å². The maximum atomic E-state index is 14.0. The summed E-state index contributed by atoms with van der Waals surface area (Å²) in [6.45, 7) is 7.96. The fourth-order valence-electron chi connectivity index (χ4n) is 5.21. The van der Waals surface area contributed by atoms with Crippen LogP contribution in [-0.2, 0) is 13.0 Å². The van der Waals surface area contributed by atoms with Crippen LogP contribution in [0.2, 0.25) is 0 Å². The highest BCUT2D eigenvalue weighted by Crippen LogP contribution is 2.33. The summed E-state index contributed by atoms with van der Waals surface area (Å²) in [6, 6.07) is 21.0. The highest BCUT2D eigenvalue weighted by molar-refractivity contribution is 6.03. The van der Waals surface area contributed by atoms with E-state index < -0.39 is 17.9 Å². The number of rotatable bonds is 15. The standard InChI is InChI=1S/C33H43N3O4/c1-5-17-36(18-6-2)33(39)30-23(3)15-16-27(32(34)38)31(30)28(20-24-11-8-7-9-12-24)29(37)22-35-21-25-13-10-14-26(19-25)40-4/h7-16,19,28-29,35,37H,5-6,17-18,20-22H2,1-4H3,(H2,34,38)/t28-,29+/m1/s1. The Labute approximate surface area is 238 Å². The lowest BCUT2D eigenvalue weighted by Gasteiger charge is -2.30. The summed E-state index contributed by atoms with van der Waals surface area (Å²) < 4.78 is 5.32. The van der Waals surface area contributed by atoms with E-state index in [0.29, 0.717) is 37.2 Å². The van der Waals surface area contributed by atoms with E-state index in [2.05, 4.69) is 5.32 Å². The molecule has 0 aliphatic rings. The molecular formula is C33H43N3O4. The van der Waals surface area contributed by atoms with Crippen molar-refractivity contribution in [3.8, 4) is 5.75 Å². The number of amides is 2. The first-order valence-electron chi connectivity index (χ1n) is 14.1. The number of primary amides is 1. The van der Waals surface area contributed by atoms with Crippen LogP contribution >= 0.6 is 0 Å². The van der Waals surface area contributed by atoms with Gasteiger partial charge in [0, 0.05) is 43.2 Å². The summed E-state index contributed by atoms with van der Waals surface area (Å²) in [5.74, 6) is -0.531. The quantitative estimate of drug-likeness (QED) is 0.253. The molecule has 0 saturated carbocycles. The van der Waals surface area contributed by atoms with Crippen molar-refractivity contribution in [3.63, 3.8) is 0 Å². The van der Waals surface area contributed by atoms with Gasteiger partial charge in [0.1, 0.15) is 5.75 Å². The number of aryl methyl sites for hydroxylation is 1. The van der Waals surface area contributed by atoms with E-state index in [-0.39, 0.29) is 18.0 Å². The topological polar surface area (TPSA) is 105 Å². The Balaban J connectivity index is 2.05. The normalized spacial score (nSPS) is 12.5. The zero-order valence-electron chi connectivity index (χ0n) is 24.2.